The lowest BCUT2D eigenvalue weighted by atomic mass is 9.85. The van der Waals surface area contributed by atoms with Crippen LogP contribution in [-0.4, -0.2) is 21.3 Å². The van der Waals surface area contributed by atoms with Gasteiger partial charge in [0.05, 0.1) is 6.04 Å². The first-order chi connectivity index (χ1) is 9.95. The Labute approximate surface area is 124 Å². The number of aromatic nitrogens is 3. The number of hydrogen-bond acceptors (Lipinski definition) is 3. The minimum atomic E-state index is -0.208. The van der Waals surface area contributed by atoms with Crippen LogP contribution in [0.25, 0.3) is 0 Å². The molecule has 1 aliphatic rings. The first-order valence-electron chi connectivity index (χ1n) is 7.35. The van der Waals surface area contributed by atoms with Crippen LogP contribution in [-0.2, 0) is 13.0 Å². The molecule has 112 valence electrons. The van der Waals surface area contributed by atoms with E-state index in [4.69, 9.17) is 0 Å². The summed E-state index contributed by atoms with van der Waals surface area (Å²) < 4.78 is 15.5. The summed E-state index contributed by atoms with van der Waals surface area (Å²) in [5.41, 5.74) is 1.01. The summed E-state index contributed by atoms with van der Waals surface area (Å²) in [6.07, 6.45) is 0.613. The van der Waals surface area contributed by atoms with Gasteiger partial charge in [-0.15, -0.1) is 10.2 Å². The standard InChI is InChI=1S/C16H21FN4/c1-16(2,3)14-15-20-19-13(21(15)8-7-18-14)10-11-5-4-6-12(17)9-11/h4-6,9,14,18H,7-8,10H2,1-3H3. The van der Waals surface area contributed by atoms with E-state index >= 15 is 0 Å². The van der Waals surface area contributed by atoms with Gasteiger partial charge >= 0.3 is 0 Å². The Morgan fingerprint density at radius 3 is 2.86 bits per heavy atom. The molecule has 0 amide bonds. The van der Waals surface area contributed by atoms with Crippen molar-refractivity contribution in [1.82, 2.24) is 20.1 Å². The molecule has 0 spiro atoms. The molecule has 3 rings (SSSR count). The summed E-state index contributed by atoms with van der Waals surface area (Å²) >= 11 is 0. The van der Waals surface area contributed by atoms with Gasteiger partial charge in [-0.25, -0.2) is 4.39 Å². The molecule has 2 aromatic rings. The molecule has 4 nitrogen and oxygen atoms in total. The van der Waals surface area contributed by atoms with E-state index in [0.29, 0.717) is 6.42 Å². The SMILES string of the molecule is CC(C)(C)C1NCCn2c(Cc3cccc(F)c3)nnc21. The molecule has 0 bridgehead atoms. The van der Waals surface area contributed by atoms with Gasteiger partial charge < -0.3 is 9.88 Å². The van der Waals surface area contributed by atoms with Crippen molar-refractivity contribution in [2.45, 2.75) is 39.8 Å². The van der Waals surface area contributed by atoms with E-state index in [0.717, 1.165) is 30.3 Å². The third-order valence-electron chi connectivity index (χ3n) is 3.92. The number of benzene rings is 1. The van der Waals surface area contributed by atoms with Crippen LogP contribution >= 0.6 is 0 Å². The molecule has 1 N–H and O–H groups in total. The summed E-state index contributed by atoms with van der Waals surface area (Å²) in [6.45, 7) is 8.35. The number of rotatable bonds is 2. The molecule has 0 aliphatic carbocycles. The van der Waals surface area contributed by atoms with Crippen molar-refractivity contribution < 1.29 is 4.39 Å². The third kappa shape index (κ3) is 2.83. The molecule has 21 heavy (non-hydrogen) atoms. The van der Waals surface area contributed by atoms with Crippen LogP contribution in [0.15, 0.2) is 24.3 Å². The Morgan fingerprint density at radius 2 is 2.14 bits per heavy atom. The van der Waals surface area contributed by atoms with Gasteiger partial charge in [-0.1, -0.05) is 32.9 Å². The lowest BCUT2D eigenvalue weighted by Crippen LogP contribution is -2.41. The maximum absolute atomic E-state index is 13.3. The Kier molecular flexibility index (Phi) is 3.53. The average Bonchev–Trinajstić information content (AvgIpc) is 2.81. The fraction of sp³-hybridized carbons (Fsp3) is 0.500. The van der Waals surface area contributed by atoms with Crippen molar-refractivity contribution in [3.8, 4) is 0 Å². The smallest absolute Gasteiger partial charge is 0.150 e. The molecule has 2 heterocycles. The van der Waals surface area contributed by atoms with Gasteiger partial charge in [0.1, 0.15) is 11.6 Å². The third-order valence-corrected chi connectivity index (χ3v) is 3.92. The number of fused-ring (bicyclic) bond motifs is 1. The molecule has 1 aliphatic heterocycles. The first kappa shape index (κ1) is 14.2. The maximum Gasteiger partial charge on any atom is 0.150 e. The molecule has 5 heteroatoms. The van der Waals surface area contributed by atoms with Crippen LogP contribution in [0.4, 0.5) is 4.39 Å². The van der Waals surface area contributed by atoms with Crippen molar-refractivity contribution in [3.05, 3.63) is 47.3 Å². The second-order valence-electron chi connectivity index (χ2n) is 6.69. The molecular weight excluding hydrogens is 267 g/mol. The topological polar surface area (TPSA) is 42.7 Å². The van der Waals surface area contributed by atoms with Crippen molar-refractivity contribution in [1.29, 1.82) is 0 Å². The number of nitrogens with zero attached hydrogens (tertiary/aromatic N) is 3. The number of nitrogens with one attached hydrogen (secondary N) is 1. The van der Waals surface area contributed by atoms with Gasteiger partial charge in [-0.2, -0.15) is 0 Å². The molecule has 0 radical (unpaired) electrons. The largest absolute Gasteiger partial charge is 0.312 e. The molecule has 0 saturated carbocycles. The van der Waals surface area contributed by atoms with Crippen LogP contribution in [0.5, 0.6) is 0 Å². The molecule has 0 fully saturated rings. The molecular formula is C16H21FN4. The minimum absolute atomic E-state index is 0.0847. The highest BCUT2D eigenvalue weighted by Crippen LogP contribution is 2.33. The van der Waals surface area contributed by atoms with E-state index in [2.05, 4.69) is 40.9 Å². The maximum atomic E-state index is 13.3. The fourth-order valence-corrected chi connectivity index (χ4v) is 2.87. The zero-order chi connectivity index (χ0) is 15.0. The van der Waals surface area contributed by atoms with Crippen molar-refractivity contribution in [2.75, 3.05) is 6.54 Å². The van der Waals surface area contributed by atoms with E-state index in [1.165, 1.54) is 6.07 Å². The molecule has 1 unspecified atom stereocenters. The van der Waals surface area contributed by atoms with Crippen molar-refractivity contribution >= 4 is 0 Å². The summed E-state index contributed by atoms with van der Waals surface area (Å²) in [5, 5.41) is 12.2. The lowest BCUT2D eigenvalue weighted by molar-refractivity contribution is 0.232. The average molecular weight is 288 g/mol. The van der Waals surface area contributed by atoms with E-state index in [-0.39, 0.29) is 17.3 Å². The molecule has 0 saturated heterocycles. The Hall–Kier alpha value is -1.75. The number of hydrogen-bond donors (Lipinski definition) is 1. The van der Waals surface area contributed by atoms with Crippen LogP contribution < -0.4 is 5.32 Å². The van der Waals surface area contributed by atoms with Gasteiger partial charge in [0, 0.05) is 19.5 Å². The van der Waals surface area contributed by atoms with E-state index in [1.54, 1.807) is 12.1 Å². The quantitative estimate of drug-likeness (QED) is 0.924. The zero-order valence-corrected chi connectivity index (χ0v) is 12.7. The Balaban J connectivity index is 1.91. The van der Waals surface area contributed by atoms with Gasteiger partial charge in [-0.05, 0) is 23.1 Å². The summed E-state index contributed by atoms with van der Waals surface area (Å²) in [7, 11) is 0. The monoisotopic (exact) mass is 288 g/mol. The highest BCUT2D eigenvalue weighted by molar-refractivity contribution is 5.21. The van der Waals surface area contributed by atoms with Gasteiger partial charge in [0.25, 0.3) is 0 Å². The Morgan fingerprint density at radius 1 is 1.33 bits per heavy atom. The molecule has 1 aromatic carbocycles. The second kappa shape index (κ2) is 5.22. The van der Waals surface area contributed by atoms with Crippen LogP contribution in [0.2, 0.25) is 0 Å². The van der Waals surface area contributed by atoms with Gasteiger partial charge in [0.15, 0.2) is 5.82 Å². The number of halogens is 1. The van der Waals surface area contributed by atoms with E-state index in [9.17, 15) is 4.39 Å². The summed E-state index contributed by atoms with van der Waals surface area (Å²) in [6, 6.07) is 6.87. The minimum Gasteiger partial charge on any atom is -0.312 e. The highest BCUT2D eigenvalue weighted by atomic mass is 19.1. The van der Waals surface area contributed by atoms with E-state index < -0.39 is 0 Å². The highest BCUT2D eigenvalue weighted by Gasteiger charge is 2.33. The van der Waals surface area contributed by atoms with Crippen LogP contribution in [0.3, 0.4) is 0 Å². The summed E-state index contributed by atoms with van der Waals surface area (Å²) in [4.78, 5) is 0. The zero-order valence-electron chi connectivity index (χ0n) is 12.7. The second-order valence-corrected chi connectivity index (χ2v) is 6.69. The fourth-order valence-electron chi connectivity index (χ4n) is 2.87. The van der Waals surface area contributed by atoms with Crippen molar-refractivity contribution in [2.24, 2.45) is 5.41 Å². The van der Waals surface area contributed by atoms with Crippen LogP contribution in [0.1, 0.15) is 44.0 Å². The van der Waals surface area contributed by atoms with Gasteiger partial charge in [-0.3, -0.25) is 0 Å². The lowest BCUT2D eigenvalue weighted by Gasteiger charge is -2.34. The van der Waals surface area contributed by atoms with Crippen molar-refractivity contribution in [3.63, 3.8) is 0 Å². The van der Waals surface area contributed by atoms with Crippen LogP contribution in [0, 0.1) is 11.2 Å². The summed E-state index contributed by atoms with van der Waals surface area (Å²) in [5.74, 6) is 1.69. The van der Waals surface area contributed by atoms with Gasteiger partial charge in [0.2, 0.25) is 0 Å². The molecule has 1 atom stereocenters. The predicted octanol–water partition coefficient (Wildman–Crippen LogP) is 2.70. The normalized spacial score (nSPS) is 18.6. The molecule has 1 aromatic heterocycles. The Bertz CT molecular complexity index is 642. The van der Waals surface area contributed by atoms with E-state index in [1.807, 2.05) is 6.07 Å². The predicted molar refractivity (Wildman–Crippen MR) is 79.4 cm³/mol. The first-order valence-corrected chi connectivity index (χ1v) is 7.35.